The van der Waals surface area contributed by atoms with Gasteiger partial charge in [-0.2, -0.15) is 4.31 Å². The highest BCUT2D eigenvalue weighted by Gasteiger charge is 2.37. The van der Waals surface area contributed by atoms with Crippen LogP contribution in [-0.2, 0) is 10.0 Å². The minimum absolute atomic E-state index is 0.0656. The highest BCUT2D eigenvalue weighted by Crippen LogP contribution is 2.33. The first-order valence-corrected chi connectivity index (χ1v) is 7.22. The second-order valence-corrected chi connectivity index (χ2v) is 7.35. The van der Waals surface area contributed by atoms with Gasteiger partial charge in [-0.05, 0) is 30.0 Å². The lowest BCUT2D eigenvalue weighted by molar-refractivity contribution is 0.374. The minimum atomic E-state index is -3.78. The second kappa shape index (κ2) is 4.20. The van der Waals surface area contributed by atoms with Gasteiger partial charge in [0.15, 0.2) is 0 Å². The maximum atomic E-state index is 13.6. The van der Waals surface area contributed by atoms with Crippen LogP contribution in [0.3, 0.4) is 0 Å². The Morgan fingerprint density at radius 2 is 2.06 bits per heavy atom. The van der Waals surface area contributed by atoms with E-state index in [4.69, 9.17) is 5.73 Å². The Balaban J connectivity index is 2.40. The average Bonchev–Trinajstić information content (AvgIpc) is 2.63. The Morgan fingerprint density at radius 3 is 2.61 bits per heavy atom. The quantitative estimate of drug-likeness (QED) is 0.835. The molecule has 0 spiro atoms. The van der Waals surface area contributed by atoms with E-state index in [2.05, 4.69) is 0 Å². The van der Waals surface area contributed by atoms with Crippen molar-refractivity contribution in [2.45, 2.75) is 25.2 Å². The number of rotatable bonds is 2. The molecule has 1 aromatic rings. The van der Waals surface area contributed by atoms with E-state index in [-0.39, 0.29) is 16.0 Å². The molecule has 0 radical (unpaired) electrons. The largest absolute Gasteiger partial charge is 0.399 e. The summed E-state index contributed by atoms with van der Waals surface area (Å²) in [6.45, 7) is 4.82. The summed E-state index contributed by atoms with van der Waals surface area (Å²) in [7, 11) is -3.78. The van der Waals surface area contributed by atoms with Gasteiger partial charge in [0, 0.05) is 18.8 Å². The van der Waals surface area contributed by atoms with E-state index in [1.165, 1.54) is 16.4 Å². The summed E-state index contributed by atoms with van der Waals surface area (Å²) in [5.41, 5.74) is 5.70. The first-order valence-electron chi connectivity index (χ1n) is 5.78. The SMILES string of the molecule is CC1(C)CCN(S(=O)(=O)c2cc(N)ccc2F)C1. The predicted octanol–water partition coefficient (Wildman–Crippen LogP) is 1.83. The number of halogens is 1. The van der Waals surface area contributed by atoms with Gasteiger partial charge in [0.2, 0.25) is 10.0 Å². The van der Waals surface area contributed by atoms with E-state index in [0.29, 0.717) is 13.1 Å². The van der Waals surface area contributed by atoms with E-state index in [0.717, 1.165) is 12.5 Å². The van der Waals surface area contributed by atoms with Crippen molar-refractivity contribution in [2.24, 2.45) is 5.41 Å². The van der Waals surface area contributed by atoms with Gasteiger partial charge in [-0.25, -0.2) is 12.8 Å². The van der Waals surface area contributed by atoms with Crippen LogP contribution in [0, 0.1) is 11.2 Å². The number of hydrogen-bond acceptors (Lipinski definition) is 3. The van der Waals surface area contributed by atoms with E-state index >= 15 is 0 Å². The third-order valence-corrected chi connectivity index (χ3v) is 5.08. The number of nitrogens with two attached hydrogens (primary N) is 1. The molecule has 18 heavy (non-hydrogen) atoms. The first kappa shape index (κ1) is 13.3. The molecule has 1 heterocycles. The zero-order valence-corrected chi connectivity index (χ0v) is 11.3. The topological polar surface area (TPSA) is 63.4 Å². The Hall–Kier alpha value is -1.14. The van der Waals surface area contributed by atoms with Crippen LogP contribution in [0.4, 0.5) is 10.1 Å². The molecule has 1 aliphatic rings. The summed E-state index contributed by atoms with van der Waals surface area (Å²) in [4.78, 5) is -0.333. The molecule has 0 bridgehead atoms. The van der Waals surface area contributed by atoms with E-state index in [9.17, 15) is 12.8 Å². The molecular weight excluding hydrogens is 255 g/mol. The van der Waals surface area contributed by atoms with Crippen LogP contribution >= 0.6 is 0 Å². The number of hydrogen-bond donors (Lipinski definition) is 1. The fourth-order valence-electron chi connectivity index (χ4n) is 2.12. The Kier molecular flexibility index (Phi) is 3.11. The van der Waals surface area contributed by atoms with Crippen LogP contribution in [0.15, 0.2) is 23.1 Å². The molecule has 1 aliphatic heterocycles. The Bertz CT molecular complexity index is 569. The molecule has 0 amide bonds. The third kappa shape index (κ3) is 2.35. The summed E-state index contributed by atoms with van der Waals surface area (Å²) >= 11 is 0. The number of nitrogens with zero attached hydrogens (tertiary/aromatic N) is 1. The molecule has 0 atom stereocenters. The lowest BCUT2D eigenvalue weighted by Gasteiger charge is -2.20. The van der Waals surface area contributed by atoms with Crippen LogP contribution in [0.2, 0.25) is 0 Å². The highest BCUT2D eigenvalue weighted by molar-refractivity contribution is 7.89. The van der Waals surface area contributed by atoms with Gasteiger partial charge in [-0.3, -0.25) is 0 Å². The smallest absolute Gasteiger partial charge is 0.246 e. The van der Waals surface area contributed by atoms with Crippen LogP contribution in [-0.4, -0.2) is 25.8 Å². The van der Waals surface area contributed by atoms with Crippen molar-refractivity contribution >= 4 is 15.7 Å². The van der Waals surface area contributed by atoms with Gasteiger partial charge >= 0.3 is 0 Å². The number of anilines is 1. The Morgan fingerprint density at radius 1 is 1.39 bits per heavy atom. The summed E-state index contributed by atoms with van der Waals surface area (Å²) in [5.74, 6) is -0.756. The van der Waals surface area contributed by atoms with Gasteiger partial charge < -0.3 is 5.73 Å². The number of sulfonamides is 1. The van der Waals surface area contributed by atoms with Crippen molar-refractivity contribution < 1.29 is 12.8 Å². The van der Waals surface area contributed by atoms with Crippen LogP contribution in [0.25, 0.3) is 0 Å². The fourth-order valence-corrected chi connectivity index (χ4v) is 3.85. The van der Waals surface area contributed by atoms with Crippen molar-refractivity contribution in [1.82, 2.24) is 4.31 Å². The molecular formula is C12H17FN2O2S. The van der Waals surface area contributed by atoms with Crippen molar-refractivity contribution in [3.05, 3.63) is 24.0 Å². The van der Waals surface area contributed by atoms with Gasteiger partial charge in [-0.15, -0.1) is 0 Å². The molecule has 1 saturated heterocycles. The average molecular weight is 272 g/mol. The van der Waals surface area contributed by atoms with Gasteiger partial charge in [0.1, 0.15) is 10.7 Å². The molecule has 100 valence electrons. The maximum absolute atomic E-state index is 13.6. The summed E-state index contributed by atoms with van der Waals surface area (Å²) < 4.78 is 39.6. The van der Waals surface area contributed by atoms with Crippen molar-refractivity contribution in [2.75, 3.05) is 18.8 Å². The number of nitrogen functional groups attached to an aromatic ring is 1. The zero-order valence-electron chi connectivity index (χ0n) is 10.5. The lowest BCUT2D eigenvalue weighted by atomic mass is 9.93. The van der Waals surface area contributed by atoms with Gasteiger partial charge in [-0.1, -0.05) is 13.8 Å². The minimum Gasteiger partial charge on any atom is -0.399 e. The lowest BCUT2D eigenvalue weighted by Crippen LogP contribution is -2.31. The zero-order chi connectivity index (χ0) is 13.6. The molecule has 6 heteroatoms. The van der Waals surface area contributed by atoms with E-state index in [1.54, 1.807) is 0 Å². The standard InChI is InChI=1S/C12H17FN2O2S/c1-12(2)5-6-15(8-12)18(16,17)11-7-9(14)3-4-10(11)13/h3-4,7H,5-6,8,14H2,1-2H3. The molecule has 4 nitrogen and oxygen atoms in total. The second-order valence-electron chi connectivity index (χ2n) is 5.44. The van der Waals surface area contributed by atoms with Crippen LogP contribution in [0.1, 0.15) is 20.3 Å². The predicted molar refractivity (Wildman–Crippen MR) is 68.0 cm³/mol. The molecule has 2 rings (SSSR count). The van der Waals surface area contributed by atoms with Gasteiger partial charge in [0.05, 0.1) is 0 Å². The van der Waals surface area contributed by atoms with Crippen LogP contribution in [0.5, 0.6) is 0 Å². The van der Waals surface area contributed by atoms with Crippen molar-refractivity contribution in [3.8, 4) is 0 Å². The third-order valence-electron chi connectivity index (χ3n) is 3.22. The molecule has 0 unspecified atom stereocenters. The fraction of sp³-hybridized carbons (Fsp3) is 0.500. The summed E-state index contributed by atoms with van der Waals surface area (Å²) in [6.07, 6.45) is 0.774. The molecule has 1 aromatic carbocycles. The first-order chi connectivity index (χ1) is 8.22. The van der Waals surface area contributed by atoms with Crippen molar-refractivity contribution in [3.63, 3.8) is 0 Å². The van der Waals surface area contributed by atoms with Crippen molar-refractivity contribution in [1.29, 1.82) is 0 Å². The summed E-state index contributed by atoms with van der Waals surface area (Å²) in [5, 5.41) is 0. The Labute approximate surface area is 107 Å². The normalized spacial score (nSPS) is 20.2. The van der Waals surface area contributed by atoms with Gasteiger partial charge in [0.25, 0.3) is 0 Å². The number of benzene rings is 1. The monoisotopic (exact) mass is 272 g/mol. The maximum Gasteiger partial charge on any atom is 0.246 e. The molecule has 0 saturated carbocycles. The molecule has 2 N–H and O–H groups in total. The summed E-state index contributed by atoms with van der Waals surface area (Å²) in [6, 6.07) is 3.61. The molecule has 0 aromatic heterocycles. The molecule has 0 aliphatic carbocycles. The highest BCUT2D eigenvalue weighted by atomic mass is 32.2. The van der Waals surface area contributed by atoms with E-state index < -0.39 is 15.8 Å². The molecule has 1 fully saturated rings. The van der Waals surface area contributed by atoms with Crippen LogP contribution < -0.4 is 5.73 Å². The van der Waals surface area contributed by atoms with E-state index in [1.807, 2.05) is 13.8 Å².